The van der Waals surface area contributed by atoms with Crippen molar-refractivity contribution in [3.63, 3.8) is 0 Å². The zero-order chi connectivity index (χ0) is 10.7. The molecule has 0 spiro atoms. The van der Waals surface area contributed by atoms with Gasteiger partial charge in [0.15, 0.2) is 0 Å². The Morgan fingerprint density at radius 1 is 1.60 bits per heavy atom. The van der Waals surface area contributed by atoms with E-state index in [0.717, 1.165) is 12.2 Å². The van der Waals surface area contributed by atoms with E-state index in [1.54, 1.807) is 7.11 Å². The first-order chi connectivity index (χ1) is 7.35. The second kappa shape index (κ2) is 4.61. The molecule has 15 heavy (non-hydrogen) atoms. The maximum Gasteiger partial charge on any atom is 0.123 e. The quantitative estimate of drug-likeness (QED) is 0.558. The topological polar surface area (TPSA) is 56.5 Å². The predicted molar refractivity (Wildman–Crippen MR) is 57.5 cm³/mol. The van der Waals surface area contributed by atoms with E-state index in [1.807, 2.05) is 18.2 Å². The Kier molecular flexibility index (Phi) is 3.20. The van der Waals surface area contributed by atoms with Gasteiger partial charge < -0.3 is 9.47 Å². The summed E-state index contributed by atoms with van der Waals surface area (Å²) < 4.78 is 10.9. The van der Waals surface area contributed by atoms with Crippen molar-refractivity contribution in [3.05, 3.63) is 29.8 Å². The van der Waals surface area contributed by atoms with Crippen molar-refractivity contribution in [1.29, 1.82) is 0 Å². The molecule has 4 heteroatoms. The first-order valence-corrected chi connectivity index (χ1v) is 5.04. The summed E-state index contributed by atoms with van der Waals surface area (Å²) in [4.78, 5) is 0. The predicted octanol–water partition coefficient (Wildman–Crippen LogP) is 0.468. The van der Waals surface area contributed by atoms with Crippen LogP contribution in [0.1, 0.15) is 5.56 Å². The highest BCUT2D eigenvalue weighted by Gasteiger charge is 2.29. The zero-order valence-electron chi connectivity index (χ0n) is 8.77. The molecule has 82 valence electrons. The van der Waals surface area contributed by atoms with Crippen molar-refractivity contribution in [2.24, 2.45) is 5.84 Å². The van der Waals surface area contributed by atoms with Crippen LogP contribution in [0.5, 0.6) is 5.75 Å². The molecule has 0 amide bonds. The summed E-state index contributed by atoms with van der Waals surface area (Å²) in [6, 6.07) is 8.09. The number of para-hydroxylation sites is 1. The van der Waals surface area contributed by atoms with E-state index in [4.69, 9.17) is 15.3 Å². The molecule has 0 aromatic heterocycles. The molecular formula is C11H16N2O2. The standard InChI is InChI=1S/C11H16N2O2/c1-14-7-9(13-12)11-6-8-4-2-3-5-10(8)15-11/h2-5,9,11,13H,6-7,12H2,1H3. The first kappa shape index (κ1) is 10.4. The van der Waals surface area contributed by atoms with Crippen LogP contribution in [0.15, 0.2) is 24.3 Å². The van der Waals surface area contributed by atoms with Gasteiger partial charge in [0.2, 0.25) is 0 Å². The van der Waals surface area contributed by atoms with E-state index in [0.29, 0.717) is 6.61 Å². The van der Waals surface area contributed by atoms with Crippen molar-refractivity contribution >= 4 is 0 Å². The van der Waals surface area contributed by atoms with Gasteiger partial charge in [-0.2, -0.15) is 0 Å². The lowest BCUT2D eigenvalue weighted by molar-refractivity contribution is 0.0975. The molecule has 1 aromatic carbocycles. The summed E-state index contributed by atoms with van der Waals surface area (Å²) in [5.41, 5.74) is 3.96. The molecular weight excluding hydrogens is 192 g/mol. The number of nitrogens with one attached hydrogen (secondary N) is 1. The molecule has 0 saturated carbocycles. The van der Waals surface area contributed by atoms with E-state index >= 15 is 0 Å². The van der Waals surface area contributed by atoms with Crippen LogP contribution in [0.4, 0.5) is 0 Å². The Bertz CT molecular complexity index is 305. The Hall–Kier alpha value is -1.10. The third kappa shape index (κ3) is 2.12. The van der Waals surface area contributed by atoms with Crippen molar-refractivity contribution in [2.75, 3.05) is 13.7 Å². The average molecular weight is 208 g/mol. The van der Waals surface area contributed by atoms with Gasteiger partial charge in [-0.1, -0.05) is 18.2 Å². The van der Waals surface area contributed by atoms with Crippen LogP contribution in [0.3, 0.4) is 0 Å². The number of methoxy groups -OCH3 is 1. The molecule has 4 nitrogen and oxygen atoms in total. The molecule has 0 radical (unpaired) electrons. The third-order valence-corrected chi connectivity index (χ3v) is 2.68. The zero-order valence-corrected chi connectivity index (χ0v) is 8.77. The number of hydrazine groups is 1. The number of rotatable bonds is 4. The molecule has 1 aromatic rings. The van der Waals surface area contributed by atoms with Crippen molar-refractivity contribution in [3.8, 4) is 5.75 Å². The Morgan fingerprint density at radius 3 is 3.07 bits per heavy atom. The van der Waals surface area contributed by atoms with Crippen LogP contribution in [-0.4, -0.2) is 25.9 Å². The van der Waals surface area contributed by atoms with E-state index in [-0.39, 0.29) is 12.1 Å². The molecule has 0 saturated heterocycles. The van der Waals surface area contributed by atoms with Gasteiger partial charge in [-0.3, -0.25) is 11.3 Å². The summed E-state index contributed by atoms with van der Waals surface area (Å²) >= 11 is 0. The van der Waals surface area contributed by atoms with Gasteiger partial charge in [0.1, 0.15) is 11.9 Å². The van der Waals surface area contributed by atoms with Gasteiger partial charge in [0.05, 0.1) is 12.6 Å². The summed E-state index contributed by atoms with van der Waals surface area (Å²) in [6.45, 7) is 0.551. The van der Waals surface area contributed by atoms with Crippen molar-refractivity contribution in [1.82, 2.24) is 5.43 Å². The fourth-order valence-electron chi connectivity index (χ4n) is 1.88. The fraction of sp³-hybridized carbons (Fsp3) is 0.455. The Morgan fingerprint density at radius 2 is 2.40 bits per heavy atom. The molecule has 1 aliphatic heterocycles. The molecule has 2 unspecified atom stereocenters. The smallest absolute Gasteiger partial charge is 0.123 e. The highest BCUT2D eigenvalue weighted by atomic mass is 16.5. The molecule has 0 aliphatic carbocycles. The van der Waals surface area contributed by atoms with Crippen LogP contribution >= 0.6 is 0 Å². The highest BCUT2D eigenvalue weighted by Crippen LogP contribution is 2.29. The minimum Gasteiger partial charge on any atom is -0.488 e. The van der Waals surface area contributed by atoms with Crippen LogP contribution in [0.2, 0.25) is 0 Å². The van der Waals surface area contributed by atoms with Crippen molar-refractivity contribution < 1.29 is 9.47 Å². The molecule has 1 aliphatic rings. The highest BCUT2D eigenvalue weighted by molar-refractivity contribution is 5.37. The lowest BCUT2D eigenvalue weighted by Gasteiger charge is -2.21. The van der Waals surface area contributed by atoms with Crippen LogP contribution in [-0.2, 0) is 11.2 Å². The lowest BCUT2D eigenvalue weighted by atomic mass is 10.1. The maximum atomic E-state index is 5.79. The van der Waals surface area contributed by atoms with Gasteiger partial charge in [0.25, 0.3) is 0 Å². The summed E-state index contributed by atoms with van der Waals surface area (Å²) in [5.74, 6) is 6.42. The summed E-state index contributed by atoms with van der Waals surface area (Å²) in [7, 11) is 1.66. The SMILES string of the molecule is COCC(NN)C1Cc2ccccc2O1. The van der Waals surface area contributed by atoms with Crippen molar-refractivity contribution in [2.45, 2.75) is 18.6 Å². The van der Waals surface area contributed by atoms with Gasteiger partial charge >= 0.3 is 0 Å². The third-order valence-electron chi connectivity index (χ3n) is 2.68. The van der Waals surface area contributed by atoms with Gasteiger partial charge in [-0.25, -0.2) is 0 Å². The Balaban J connectivity index is 2.05. The minimum atomic E-state index is 0.0300. The second-order valence-corrected chi connectivity index (χ2v) is 3.70. The average Bonchev–Trinajstić information content (AvgIpc) is 2.69. The second-order valence-electron chi connectivity index (χ2n) is 3.70. The van der Waals surface area contributed by atoms with E-state index in [9.17, 15) is 0 Å². The lowest BCUT2D eigenvalue weighted by Crippen LogP contribution is -2.48. The van der Waals surface area contributed by atoms with E-state index < -0.39 is 0 Å². The number of nitrogens with two attached hydrogens (primary N) is 1. The number of hydrogen-bond donors (Lipinski definition) is 2. The molecule has 0 fully saturated rings. The Labute approximate surface area is 89.3 Å². The molecule has 3 N–H and O–H groups in total. The molecule has 1 heterocycles. The number of benzene rings is 1. The number of fused-ring (bicyclic) bond motifs is 1. The van der Waals surface area contributed by atoms with E-state index in [1.165, 1.54) is 5.56 Å². The monoisotopic (exact) mass is 208 g/mol. The normalized spacial score (nSPS) is 20.8. The minimum absolute atomic E-state index is 0.0300. The van der Waals surface area contributed by atoms with Gasteiger partial charge in [-0.05, 0) is 11.6 Å². The first-order valence-electron chi connectivity index (χ1n) is 5.04. The number of hydrogen-bond acceptors (Lipinski definition) is 4. The van der Waals surface area contributed by atoms with E-state index in [2.05, 4.69) is 11.5 Å². The van der Waals surface area contributed by atoms with Crippen LogP contribution < -0.4 is 16.0 Å². The number of ether oxygens (including phenoxy) is 2. The largest absolute Gasteiger partial charge is 0.488 e. The fourth-order valence-corrected chi connectivity index (χ4v) is 1.88. The van der Waals surface area contributed by atoms with Gasteiger partial charge in [0, 0.05) is 13.5 Å². The maximum absolute atomic E-state index is 5.79. The van der Waals surface area contributed by atoms with Crippen LogP contribution in [0.25, 0.3) is 0 Å². The van der Waals surface area contributed by atoms with Gasteiger partial charge in [-0.15, -0.1) is 0 Å². The summed E-state index contributed by atoms with van der Waals surface area (Å²) in [6.07, 6.45) is 0.946. The molecule has 0 bridgehead atoms. The summed E-state index contributed by atoms with van der Waals surface area (Å²) in [5, 5.41) is 0. The van der Waals surface area contributed by atoms with Crippen LogP contribution in [0, 0.1) is 0 Å². The molecule has 2 rings (SSSR count). The molecule has 2 atom stereocenters.